The molecule has 0 spiro atoms. The van der Waals surface area contributed by atoms with Gasteiger partial charge >= 0.3 is 0 Å². The van der Waals surface area contributed by atoms with Crippen LogP contribution in [0.4, 0.5) is 0 Å². The second-order valence-electron chi connectivity index (χ2n) is 4.03. The Morgan fingerprint density at radius 1 is 1.50 bits per heavy atom. The lowest BCUT2D eigenvalue weighted by Gasteiger charge is -2.33. The summed E-state index contributed by atoms with van der Waals surface area (Å²) < 4.78 is 5.15. The molecule has 4 heteroatoms. The van der Waals surface area contributed by atoms with Gasteiger partial charge in [0.05, 0.1) is 13.2 Å². The molecule has 1 heterocycles. The van der Waals surface area contributed by atoms with Gasteiger partial charge in [-0.3, -0.25) is 4.79 Å². The van der Waals surface area contributed by atoms with Crippen LogP contribution in [0.5, 0.6) is 5.75 Å². The molecule has 4 nitrogen and oxygen atoms in total. The van der Waals surface area contributed by atoms with Crippen molar-refractivity contribution in [3.8, 4) is 5.75 Å². The van der Waals surface area contributed by atoms with Crippen LogP contribution in [0.15, 0.2) is 24.3 Å². The second kappa shape index (κ2) is 4.53. The Labute approximate surface area is 94.8 Å². The summed E-state index contributed by atoms with van der Waals surface area (Å²) in [7, 11) is 1.65. The molecule has 1 amide bonds. The van der Waals surface area contributed by atoms with E-state index in [9.17, 15) is 4.79 Å². The number of carbonyl (C=O) groups excluding carboxylic acids is 1. The van der Waals surface area contributed by atoms with Gasteiger partial charge in [0.25, 0.3) is 0 Å². The van der Waals surface area contributed by atoms with Crippen molar-refractivity contribution in [1.82, 2.24) is 5.32 Å². The largest absolute Gasteiger partial charge is 0.497 e. The Hall–Kier alpha value is -1.55. The number of nitrogens with two attached hydrogens (primary N) is 1. The number of aryl methyl sites for hydroxylation is 1. The number of methoxy groups -OCH3 is 1. The molecular formula is C12H16N2O2. The van der Waals surface area contributed by atoms with Crippen LogP contribution < -0.4 is 15.8 Å². The smallest absolute Gasteiger partial charge is 0.239 e. The van der Waals surface area contributed by atoms with Crippen molar-refractivity contribution in [2.24, 2.45) is 5.73 Å². The van der Waals surface area contributed by atoms with E-state index >= 15 is 0 Å². The summed E-state index contributed by atoms with van der Waals surface area (Å²) in [6, 6.07) is 7.73. The first-order valence-electron chi connectivity index (χ1n) is 5.39. The molecule has 2 atom stereocenters. The lowest BCUT2D eigenvalue weighted by Crippen LogP contribution is -2.66. The second-order valence-corrected chi connectivity index (χ2v) is 4.03. The Balaban J connectivity index is 1.87. The number of rotatable bonds is 4. The highest BCUT2D eigenvalue weighted by molar-refractivity contribution is 5.88. The highest BCUT2D eigenvalue weighted by Gasteiger charge is 2.35. The van der Waals surface area contributed by atoms with Crippen molar-refractivity contribution in [3.63, 3.8) is 0 Å². The van der Waals surface area contributed by atoms with E-state index in [-0.39, 0.29) is 18.0 Å². The molecule has 1 saturated heterocycles. The van der Waals surface area contributed by atoms with E-state index in [0.29, 0.717) is 0 Å². The first-order chi connectivity index (χ1) is 7.70. The number of hydrogen-bond acceptors (Lipinski definition) is 3. The Bertz CT molecular complexity index is 392. The lowest BCUT2D eigenvalue weighted by atomic mass is 9.93. The Morgan fingerprint density at radius 3 is 2.94 bits per heavy atom. The highest BCUT2D eigenvalue weighted by atomic mass is 16.5. The lowest BCUT2D eigenvalue weighted by molar-refractivity contribution is -0.130. The van der Waals surface area contributed by atoms with Crippen LogP contribution in [-0.4, -0.2) is 25.1 Å². The molecule has 0 unspecified atom stereocenters. The number of hydrogen-bond donors (Lipinski definition) is 2. The van der Waals surface area contributed by atoms with Crippen molar-refractivity contribution in [2.75, 3.05) is 7.11 Å². The first kappa shape index (κ1) is 11.0. The maximum atomic E-state index is 10.9. The minimum absolute atomic E-state index is 0.0457. The van der Waals surface area contributed by atoms with E-state index in [2.05, 4.69) is 11.4 Å². The van der Waals surface area contributed by atoms with Gasteiger partial charge in [-0.1, -0.05) is 12.1 Å². The van der Waals surface area contributed by atoms with Crippen LogP contribution in [0.1, 0.15) is 12.0 Å². The zero-order valence-electron chi connectivity index (χ0n) is 9.27. The minimum atomic E-state index is -0.328. The van der Waals surface area contributed by atoms with Gasteiger partial charge in [0, 0.05) is 0 Å². The third kappa shape index (κ3) is 2.17. The topological polar surface area (TPSA) is 64.3 Å². The van der Waals surface area contributed by atoms with Gasteiger partial charge < -0.3 is 15.8 Å². The zero-order chi connectivity index (χ0) is 11.5. The summed E-state index contributed by atoms with van der Waals surface area (Å²) >= 11 is 0. The van der Waals surface area contributed by atoms with Gasteiger partial charge in [0.2, 0.25) is 5.91 Å². The van der Waals surface area contributed by atoms with E-state index in [1.165, 1.54) is 5.56 Å². The SMILES string of the molecule is COc1cccc(CC[C@H]2NC(=O)[C@H]2N)c1. The average Bonchev–Trinajstić information content (AvgIpc) is 2.34. The van der Waals surface area contributed by atoms with E-state index in [1.807, 2.05) is 18.2 Å². The van der Waals surface area contributed by atoms with E-state index in [0.717, 1.165) is 18.6 Å². The molecule has 16 heavy (non-hydrogen) atoms. The predicted molar refractivity (Wildman–Crippen MR) is 61.2 cm³/mol. The van der Waals surface area contributed by atoms with Gasteiger partial charge in [-0.2, -0.15) is 0 Å². The molecule has 1 aliphatic heterocycles. The molecule has 0 saturated carbocycles. The number of β-lactam (4-membered cyclic amide) rings is 1. The first-order valence-corrected chi connectivity index (χ1v) is 5.39. The van der Waals surface area contributed by atoms with Gasteiger partial charge in [-0.15, -0.1) is 0 Å². The quantitative estimate of drug-likeness (QED) is 0.724. The summed E-state index contributed by atoms with van der Waals surface area (Å²) in [6.07, 6.45) is 1.77. The van der Waals surface area contributed by atoms with Crippen LogP contribution in [0.2, 0.25) is 0 Å². The molecule has 0 aromatic heterocycles. The molecular weight excluding hydrogens is 204 g/mol. The van der Waals surface area contributed by atoms with E-state index < -0.39 is 0 Å². The molecule has 2 rings (SSSR count). The van der Waals surface area contributed by atoms with Crippen LogP contribution in [0.3, 0.4) is 0 Å². The van der Waals surface area contributed by atoms with Gasteiger partial charge in [0.15, 0.2) is 0 Å². The summed E-state index contributed by atoms with van der Waals surface area (Å²) in [4.78, 5) is 10.9. The number of carbonyl (C=O) groups is 1. The Morgan fingerprint density at radius 2 is 2.31 bits per heavy atom. The van der Waals surface area contributed by atoms with Crippen molar-refractivity contribution in [1.29, 1.82) is 0 Å². The summed E-state index contributed by atoms with van der Waals surface area (Å²) in [5.74, 6) is 0.815. The molecule has 0 radical (unpaired) electrons. The molecule has 3 N–H and O–H groups in total. The highest BCUT2D eigenvalue weighted by Crippen LogP contribution is 2.16. The van der Waals surface area contributed by atoms with Crippen molar-refractivity contribution < 1.29 is 9.53 Å². The van der Waals surface area contributed by atoms with Crippen LogP contribution >= 0.6 is 0 Å². The standard InChI is InChI=1S/C12H16N2O2/c1-16-9-4-2-3-8(7-9)5-6-10-11(13)12(15)14-10/h2-4,7,10-11H,5-6,13H2,1H3,(H,14,15)/t10-,11+/m1/s1. The fraction of sp³-hybridized carbons (Fsp3) is 0.417. The molecule has 1 aromatic rings. The summed E-state index contributed by atoms with van der Waals surface area (Å²) in [5, 5.41) is 2.80. The van der Waals surface area contributed by atoms with Crippen molar-refractivity contribution in [3.05, 3.63) is 29.8 Å². The fourth-order valence-electron chi connectivity index (χ4n) is 1.86. The molecule has 86 valence electrons. The van der Waals surface area contributed by atoms with Crippen molar-refractivity contribution in [2.45, 2.75) is 24.9 Å². The van der Waals surface area contributed by atoms with E-state index in [1.54, 1.807) is 7.11 Å². The summed E-state index contributed by atoms with van der Waals surface area (Å²) in [5.41, 5.74) is 6.85. The monoisotopic (exact) mass is 220 g/mol. The minimum Gasteiger partial charge on any atom is -0.497 e. The molecule has 1 aliphatic rings. The normalized spacial score (nSPS) is 23.5. The van der Waals surface area contributed by atoms with E-state index in [4.69, 9.17) is 10.5 Å². The molecule has 1 aromatic carbocycles. The van der Waals surface area contributed by atoms with Gasteiger partial charge in [0.1, 0.15) is 11.8 Å². The van der Waals surface area contributed by atoms with Crippen LogP contribution in [0.25, 0.3) is 0 Å². The number of ether oxygens (including phenoxy) is 1. The third-order valence-corrected chi connectivity index (χ3v) is 2.94. The Kier molecular flexibility index (Phi) is 3.10. The van der Waals surface area contributed by atoms with Crippen LogP contribution in [0, 0.1) is 0 Å². The maximum Gasteiger partial charge on any atom is 0.239 e. The van der Waals surface area contributed by atoms with Crippen LogP contribution in [-0.2, 0) is 11.2 Å². The molecule has 0 aliphatic carbocycles. The fourth-order valence-corrected chi connectivity index (χ4v) is 1.86. The number of benzene rings is 1. The van der Waals surface area contributed by atoms with Gasteiger partial charge in [-0.05, 0) is 30.5 Å². The van der Waals surface area contributed by atoms with Gasteiger partial charge in [-0.25, -0.2) is 0 Å². The molecule has 0 bridgehead atoms. The predicted octanol–water partition coefficient (Wildman–Crippen LogP) is 0.453. The average molecular weight is 220 g/mol. The zero-order valence-corrected chi connectivity index (χ0v) is 9.27. The number of nitrogens with one attached hydrogen (secondary N) is 1. The third-order valence-electron chi connectivity index (χ3n) is 2.94. The summed E-state index contributed by atoms with van der Waals surface area (Å²) in [6.45, 7) is 0. The van der Waals surface area contributed by atoms with Crippen molar-refractivity contribution >= 4 is 5.91 Å². The number of amides is 1. The molecule has 1 fully saturated rings. The maximum absolute atomic E-state index is 10.9.